The van der Waals surface area contributed by atoms with Crippen LogP contribution in [-0.4, -0.2) is 13.1 Å². The van der Waals surface area contributed by atoms with Crippen molar-refractivity contribution in [1.82, 2.24) is 5.32 Å². The van der Waals surface area contributed by atoms with Gasteiger partial charge in [-0.05, 0) is 61.5 Å². The van der Waals surface area contributed by atoms with Crippen LogP contribution in [0.15, 0.2) is 22.7 Å². The fraction of sp³-hybridized carbons (Fsp3) is 0.600. The van der Waals surface area contributed by atoms with E-state index in [1.807, 2.05) is 6.07 Å². The maximum absolute atomic E-state index is 13.2. The first-order valence-electron chi connectivity index (χ1n) is 6.63. The van der Waals surface area contributed by atoms with Gasteiger partial charge in [-0.3, -0.25) is 0 Å². The van der Waals surface area contributed by atoms with E-state index in [1.54, 1.807) is 6.07 Å². The van der Waals surface area contributed by atoms with Gasteiger partial charge in [-0.2, -0.15) is 0 Å². The summed E-state index contributed by atoms with van der Waals surface area (Å²) in [5.41, 5.74) is 1.07. The standard InChI is InChI=1S/C15H23BrFN/c1-11(2)10-18-5-4-12(3)6-13-7-14(16)9-15(17)8-13/h7-9,11-12,18H,4-6,10H2,1-3H3. The molecule has 0 radical (unpaired) electrons. The Balaban J connectivity index is 2.33. The first-order chi connectivity index (χ1) is 8.47. The second-order valence-electron chi connectivity index (χ2n) is 5.47. The van der Waals surface area contributed by atoms with Gasteiger partial charge in [0, 0.05) is 4.47 Å². The third-order valence-corrected chi connectivity index (χ3v) is 3.33. The lowest BCUT2D eigenvalue weighted by Gasteiger charge is -2.13. The Labute approximate surface area is 118 Å². The molecule has 102 valence electrons. The largest absolute Gasteiger partial charge is 0.316 e. The normalized spacial score (nSPS) is 13.0. The van der Waals surface area contributed by atoms with Crippen molar-refractivity contribution in [2.75, 3.05) is 13.1 Å². The summed E-state index contributed by atoms with van der Waals surface area (Å²) in [6.07, 6.45) is 2.06. The Bertz CT molecular complexity index is 345. The summed E-state index contributed by atoms with van der Waals surface area (Å²) in [5.74, 6) is 1.10. The summed E-state index contributed by atoms with van der Waals surface area (Å²) >= 11 is 3.33. The molecular formula is C15H23BrFN. The number of rotatable bonds is 7. The van der Waals surface area contributed by atoms with Crippen molar-refractivity contribution in [1.29, 1.82) is 0 Å². The van der Waals surface area contributed by atoms with Crippen LogP contribution in [0.1, 0.15) is 32.8 Å². The van der Waals surface area contributed by atoms with Crippen molar-refractivity contribution >= 4 is 15.9 Å². The number of benzene rings is 1. The van der Waals surface area contributed by atoms with Gasteiger partial charge in [0.15, 0.2) is 0 Å². The van der Waals surface area contributed by atoms with Crippen molar-refractivity contribution < 1.29 is 4.39 Å². The maximum atomic E-state index is 13.2. The lowest BCUT2D eigenvalue weighted by atomic mass is 9.98. The van der Waals surface area contributed by atoms with E-state index in [-0.39, 0.29) is 5.82 Å². The minimum absolute atomic E-state index is 0.162. The zero-order valence-electron chi connectivity index (χ0n) is 11.5. The Morgan fingerprint density at radius 1 is 1.22 bits per heavy atom. The summed E-state index contributed by atoms with van der Waals surface area (Å²) < 4.78 is 14.1. The van der Waals surface area contributed by atoms with Gasteiger partial charge < -0.3 is 5.32 Å². The lowest BCUT2D eigenvalue weighted by molar-refractivity contribution is 0.473. The summed E-state index contributed by atoms with van der Waals surface area (Å²) in [4.78, 5) is 0. The van der Waals surface area contributed by atoms with Crippen LogP contribution in [-0.2, 0) is 6.42 Å². The van der Waals surface area contributed by atoms with E-state index in [0.29, 0.717) is 11.8 Å². The van der Waals surface area contributed by atoms with Crippen molar-refractivity contribution in [2.45, 2.75) is 33.6 Å². The summed E-state index contributed by atoms with van der Waals surface area (Å²) in [5, 5.41) is 3.44. The second-order valence-corrected chi connectivity index (χ2v) is 6.39. The first kappa shape index (κ1) is 15.6. The van der Waals surface area contributed by atoms with Gasteiger partial charge in [-0.1, -0.05) is 36.7 Å². The van der Waals surface area contributed by atoms with Crippen LogP contribution in [0.3, 0.4) is 0 Å². The smallest absolute Gasteiger partial charge is 0.124 e. The molecule has 0 fully saturated rings. The van der Waals surface area contributed by atoms with Crippen molar-refractivity contribution in [3.8, 4) is 0 Å². The van der Waals surface area contributed by atoms with Crippen molar-refractivity contribution in [3.63, 3.8) is 0 Å². The van der Waals surface area contributed by atoms with E-state index in [1.165, 1.54) is 6.07 Å². The van der Waals surface area contributed by atoms with E-state index in [0.717, 1.165) is 36.0 Å². The zero-order chi connectivity index (χ0) is 13.5. The fourth-order valence-corrected chi connectivity index (χ4v) is 2.49. The second kappa shape index (κ2) is 7.90. The molecule has 1 atom stereocenters. The van der Waals surface area contributed by atoms with Crippen LogP contribution in [0.2, 0.25) is 0 Å². The molecule has 0 heterocycles. The van der Waals surface area contributed by atoms with Crippen LogP contribution < -0.4 is 5.32 Å². The molecule has 1 nitrogen and oxygen atoms in total. The van der Waals surface area contributed by atoms with Gasteiger partial charge >= 0.3 is 0 Å². The van der Waals surface area contributed by atoms with Crippen LogP contribution in [0.5, 0.6) is 0 Å². The van der Waals surface area contributed by atoms with Gasteiger partial charge in [0.1, 0.15) is 5.82 Å². The molecule has 0 aliphatic rings. The molecule has 0 spiro atoms. The van der Waals surface area contributed by atoms with Crippen LogP contribution in [0.25, 0.3) is 0 Å². The third kappa shape index (κ3) is 6.50. The highest BCUT2D eigenvalue weighted by molar-refractivity contribution is 9.10. The van der Waals surface area contributed by atoms with E-state index in [9.17, 15) is 4.39 Å². The summed E-state index contributed by atoms with van der Waals surface area (Å²) in [6, 6.07) is 5.13. The number of hydrogen-bond donors (Lipinski definition) is 1. The minimum Gasteiger partial charge on any atom is -0.316 e. The molecule has 0 saturated carbocycles. The van der Waals surface area contributed by atoms with Gasteiger partial charge in [0.05, 0.1) is 0 Å². The Hall–Kier alpha value is -0.410. The number of hydrogen-bond acceptors (Lipinski definition) is 1. The molecule has 1 N–H and O–H groups in total. The van der Waals surface area contributed by atoms with Crippen molar-refractivity contribution in [2.24, 2.45) is 11.8 Å². The van der Waals surface area contributed by atoms with Crippen LogP contribution >= 0.6 is 15.9 Å². The van der Waals surface area contributed by atoms with E-state index in [2.05, 4.69) is 42.0 Å². The van der Waals surface area contributed by atoms with Gasteiger partial charge in [0.2, 0.25) is 0 Å². The summed E-state index contributed by atoms with van der Waals surface area (Å²) in [7, 11) is 0. The third-order valence-electron chi connectivity index (χ3n) is 2.87. The predicted octanol–water partition coefficient (Wildman–Crippen LogP) is 4.40. The number of nitrogens with one attached hydrogen (secondary N) is 1. The maximum Gasteiger partial charge on any atom is 0.124 e. The van der Waals surface area contributed by atoms with E-state index in [4.69, 9.17) is 0 Å². The monoisotopic (exact) mass is 315 g/mol. The minimum atomic E-state index is -0.162. The molecular weight excluding hydrogens is 293 g/mol. The average Bonchev–Trinajstić information content (AvgIpc) is 2.22. The molecule has 1 aromatic carbocycles. The molecule has 0 aromatic heterocycles. The molecule has 1 aromatic rings. The molecule has 0 aliphatic carbocycles. The van der Waals surface area contributed by atoms with Crippen molar-refractivity contribution in [3.05, 3.63) is 34.1 Å². The van der Waals surface area contributed by atoms with E-state index >= 15 is 0 Å². The molecule has 3 heteroatoms. The quantitative estimate of drug-likeness (QED) is 0.735. The molecule has 18 heavy (non-hydrogen) atoms. The molecule has 1 rings (SSSR count). The SMILES string of the molecule is CC(C)CNCCC(C)Cc1cc(F)cc(Br)c1. The Kier molecular flexibility index (Phi) is 6.87. The van der Waals surface area contributed by atoms with Crippen LogP contribution in [0, 0.1) is 17.7 Å². The number of halogens is 2. The zero-order valence-corrected chi connectivity index (χ0v) is 13.1. The fourth-order valence-electron chi connectivity index (χ4n) is 1.97. The highest BCUT2D eigenvalue weighted by Crippen LogP contribution is 2.18. The van der Waals surface area contributed by atoms with E-state index < -0.39 is 0 Å². The lowest BCUT2D eigenvalue weighted by Crippen LogP contribution is -2.22. The average molecular weight is 316 g/mol. The van der Waals surface area contributed by atoms with Gasteiger partial charge in [-0.15, -0.1) is 0 Å². The Morgan fingerprint density at radius 2 is 1.94 bits per heavy atom. The highest BCUT2D eigenvalue weighted by atomic mass is 79.9. The summed E-state index contributed by atoms with van der Waals surface area (Å²) in [6.45, 7) is 8.74. The molecule has 1 unspecified atom stereocenters. The molecule has 0 amide bonds. The predicted molar refractivity (Wildman–Crippen MR) is 79.3 cm³/mol. The molecule has 0 aliphatic heterocycles. The van der Waals surface area contributed by atoms with Gasteiger partial charge in [-0.25, -0.2) is 4.39 Å². The Morgan fingerprint density at radius 3 is 2.56 bits per heavy atom. The molecule has 0 bridgehead atoms. The first-order valence-corrected chi connectivity index (χ1v) is 7.42. The van der Waals surface area contributed by atoms with Crippen LogP contribution in [0.4, 0.5) is 4.39 Å². The van der Waals surface area contributed by atoms with Gasteiger partial charge in [0.25, 0.3) is 0 Å². The molecule has 0 saturated heterocycles. The topological polar surface area (TPSA) is 12.0 Å². The highest BCUT2D eigenvalue weighted by Gasteiger charge is 2.06.